The van der Waals surface area contributed by atoms with E-state index in [2.05, 4.69) is 74.6 Å². The first kappa shape index (κ1) is 39.6. The number of aliphatic hydroxyl groups is 1. The number of carbonyl (C=O) groups is 2. The summed E-state index contributed by atoms with van der Waals surface area (Å²) in [5, 5.41) is 9.50. The normalized spacial score (nSPS) is 12.9. The highest BCUT2D eigenvalue weighted by Crippen LogP contribution is 2.10. The molecule has 0 radical (unpaired) electrons. The summed E-state index contributed by atoms with van der Waals surface area (Å²) in [6.45, 7) is 3.94. The Morgan fingerprint density at radius 1 is 0.571 bits per heavy atom. The molecule has 240 valence electrons. The van der Waals surface area contributed by atoms with Crippen LogP contribution in [0.25, 0.3) is 0 Å². The van der Waals surface area contributed by atoms with Crippen molar-refractivity contribution in [1.29, 1.82) is 0 Å². The molecule has 0 aliphatic carbocycles. The lowest BCUT2D eigenvalue weighted by Gasteiger charge is -2.15. The minimum absolute atomic E-state index is 0.0932. The summed E-state index contributed by atoms with van der Waals surface area (Å²) in [6, 6.07) is 0. The number of rotatable bonds is 29. The third-order valence-corrected chi connectivity index (χ3v) is 6.80. The van der Waals surface area contributed by atoms with Crippen LogP contribution in [0.3, 0.4) is 0 Å². The maximum Gasteiger partial charge on any atom is 0.306 e. The molecule has 5 heteroatoms. The zero-order valence-corrected chi connectivity index (χ0v) is 27.0. The van der Waals surface area contributed by atoms with Crippen molar-refractivity contribution in [2.75, 3.05) is 13.2 Å². The number of esters is 2. The van der Waals surface area contributed by atoms with E-state index in [-0.39, 0.29) is 25.2 Å². The SMILES string of the molecule is CCC=CCC=CCC=CCC=CCCCCC(=O)OCC(CO)OC(=O)CCCCCCCC=CCCCCCC. The first-order valence-corrected chi connectivity index (χ1v) is 16.8. The van der Waals surface area contributed by atoms with Crippen molar-refractivity contribution in [2.24, 2.45) is 0 Å². The van der Waals surface area contributed by atoms with Crippen LogP contribution in [-0.2, 0) is 19.1 Å². The monoisotopic (exact) mass is 586 g/mol. The Morgan fingerprint density at radius 3 is 1.62 bits per heavy atom. The van der Waals surface area contributed by atoms with E-state index in [1.807, 2.05) is 0 Å². The molecule has 0 saturated heterocycles. The number of hydrogen-bond acceptors (Lipinski definition) is 5. The highest BCUT2D eigenvalue weighted by Gasteiger charge is 2.16. The van der Waals surface area contributed by atoms with Crippen LogP contribution in [0.4, 0.5) is 0 Å². The second-order valence-corrected chi connectivity index (χ2v) is 10.9. The van der Waals surface area contributed by atoms with Crippen LogP contribution < -0.4 is 0 Å². The van der Waals surface area contributed by atoms with Crippen LogP contribution in [0, 0.1) is 0 Å². The van der Waals surface area contributed by atoms with Gasteiger partial charge in [0.1, 0.15) is 6.61 Å². The lowest BCUT2D eigenvalue weighted by atomic mass is 10.1. The summed E-state index contributed by atoms with van der Waals surface area (Å²) in [5.41, 5.74) is 0. The maximum atomic E-state index is 12.1. The van der Waals surface area contributed by atoms with Gasteiger partial charge in [0.15, 0.2) is 6.10 Å². The van der Waals surface area contributed by atoms with Crippen molar-refractivity contribution >= 4 is 11.9 Å². The van der Waals surface area contributed by atoms with E-state index in [0.717, 1.165) is 70.6 Å². The summed E-state index contributed by atoms with van der Waals surface area (Å²) in [4.78, 5) is 24.1. The third kappa shape index (κ3) is 30.6. The van der Waals surface area contributed by atoms with Gasteiger partial charge in [0.2, 0.25) is 0 Å². The number of aliphatic hydroxyl groups excluding tert-OH is 1. The van der Waals surface area contributed by atoms with Gasteiger partial charge in [-0.3, -0.25) is 9.59 Å². The number of carbonyl (C=O) groups excluding carboxylic acids is 2. The smallest absolute Gasteiger partial charge is 0.306 e. The zero-order valence-electron chi connectivity index (χ0n) is 27.0. The Bertz CT molecular complexity index is 762. The van der Waals surface area contributed by atoms with Gasteiger partial charge < -0.3 is 14.6 Å². The third-order valence-electron chi connectivity index (χ3n) is 6.80. The van der Waals surface area contributed by atoms with Gasteiger partial charge in [0.25, 0.3) is 0 Å². The predicted octanol–water partition coefficient (Wildman–Crippen LogP) is 10.1. The maximum absolute atomic E-state index is 12.1. The molecule has 0 amide bonds. The fourth-order valence-electron chi connectivity index (χ4n) is 4.24. The second kappa shape index (κ2) is 33.1. The Labute approximate surface area is 258 Å². The van der Waals surface area contributed by atoms with Gasteiger partial charge in [-0.1, -0.05) is 113 Å². The van der Waals surface area contributed by atoms with E-state index < -0.39 is 6.10 Å². The zero-order chi connectivity index (χ0) is 30.8. The fourth-order valence-corrected chi connectivity index (χ4v) is 4.24. The second-order valence-electron chi connectivity index (χ2n) is 10.9. The quantitative estimate of drug-likeness (QED) is 0.0536. The molecule has 0 aliphatic heterocycles. The molecule has 1 atom stereocenters. The molecular formula is C37H62O5. The molecule has 0 aliphatic rings. The molecule has 0 aromatic heterocycles. The van der Waals surface area contributed by atoms with Crippen LogP contribution in [0.5, 0.6) is 0 Å². The minimum Gasteiger partial charge on any atom is -0.462 e. The van der Waals surface area contributed by atoms with Gasteiger partial charge in [0, 0.05) is 12.8 Å². The van der Waals surface area contributed by atoms with Gasteiger partial charge in [-0.2, -0.15) is 0 Å². The molecule has 1 N–H and O–H groups in total. The van der Waals surface area contributed by atoms with Crippen molar-refractivity contribution in [1.82, 2.24) is 0 Å². The number of ether oxygens (including phenoxy) is 2. The van der Waals surface area contributed by atoms with E-state index in [1.165, 1.54) is 44.9 Å². The van der Waals surface area contributed by atoms with Crippen LogP contribution in [0.1, 0.15) is 142 Å². The van der Waals surface area contributed by atoms with Crippen molar-refractivity contribution in [3.05, 3.63) is 60.8 Å². The number of hydrogen-bond donors (Lipinski definition) is 1. The molecule has 1 unspecified atom stereocenters. The molecule has 0 saturated carbocycles. The van der Waals surface area contributed by atoms with Crippen molar-refractivity contribution in [3.63, 3.8) is 0 Å². The van der Waals surface area contributed by atoms with Crippen LogP contribution in [0.15, 0.2) is 60.8 Å². The van der Waals surface area contributed by atoms with Crippen LogP contribution in [-0.4, -0.2) is 36.4 Å². The van der Waals surface area contributed by atoms with Crippen molar-refractivity contribution < 1.29 is 24.2 Å². The molecule has 0 spiro atoms. The van der Waals surface area contributed by atoms with Gasteiger partial charge in [-0.15, -0.1) is 0 Å². The van der Waals surface area contributed by atoms with Crippen molar-refractivity contribution in [2.45, 2.75) is 148 Å². The van der Waals surface area contributed by atoms with Gasteiger partial charge in [-0.05, 0) is 77.0 Å². The van der Waals surface area contributed by atoms with E-state index in [4.69, 9.17) is 9.47 Å². The molecule has 42 heavy (non-hydrogen) atoms. The molecule has 0 bridgehead atoms. The topological polar surface area (TPSA) is 72.8 Å². The molecule has 0 rings (SSSR count). The first-order valence-electron chi connectivity index (χ1n) is 16.8. The molecule has 5 nitrogen and oxygen atoms in total. The van der Waals surface area contributed by atoms with E-state index in [9.17, 15) is 14.7 Å². The minimum atomic E-state index is -0.792. The Balaban J connectivity index is 3.70. The average molecular weight is 587 g/mol. The van der Waals surface area contributed by atoms with Crippen molar-refractivity contribution in [3.8, 4) is 0 Å². The largest absolute Gasteiger partial charge is 0.462 e. The fraction of sp³-hybridized carbons (Fsp3) is 0.676. The first-order chi connectivity index (χ1) is 20.6. The van der Waals surface area contributed by atoms with E-state index in [1.54, 1.807) is 0 Å². The lowest BCUT2D eigenvalue weighted by Crippen LogP contribution is -2.28. The van der Waals surface area contributed by atoms with Gasteiger partial charge in [-0.25, -0.2) is 0 Å². The number of allylic oxidation sites excluding steroid dienone is 10. The van der Waals surface area contributed by atoms with Crippen LogP contribution in [0.2, 0.25) is 0 Å². The van der Waals surface area contributed by atoms with Gasteiger partial charge in [0.05, 0.1) is 6.61 Å². The van der Waals surface area contributed by atoms with E-state index in [0.29, 0.717) is 12.8 Å². The summed E-state index contributed by atoms with van der Waals surface area (Å²) < 4.78 is 10.5. The summed E-state index contributed by atoms with van der Waals surface area (Å²) in [6.07, 6.45) is 41.3. The highest BCUT2D eigenvalue weighted by molar-refractivity contribution is 5.70. The lowest BCUT2D eigenvalue weighted by molar-refractivity contribution is -0.161. The Kier molecular flexibility index (Phi) is 31.2. The van der Waals surface area contributed by atoms with Gasteiger partial charge >= 0.3 is 11.9 Å². The molecular weight excluding hydrogens is 524 g/mol. The summed E-state index contributed by atoms with van der Waals surface area (Å²) in [5.74, 6) is -0.657. The molecule has 0 heterocycles. The predicted molar refractivity (Wildman–Crippen MR) is 177 cm³/mol. The summed E-state index contributed by atoms with van der Waals surface area (Å²) >= 11 is 0. The Morgan fingerprint density at radius 2 is 1.02 bits per heavy atom. The molecule has 0 aromatic carbocycles. The molecule has 0 aromatic rings. The average Bonchev–Trinajstić information content (AvgIpc) is 2.99. The van der Waals surface area contributed by atoms with Crippen LogP contribution >= 0.6 is 0 Å². The highest BCUT2D eigenvalue weighted by atomic mass is 16.6. The van der Waals surface area contributed by atoms with E-state index >= 15 is 0 Å². The number of unbranched alkanes of at least 4 members (excludes halogenated alkanes) is 11. The molecule has 0 fully saturated rings. The Hall–Kier alpha value is -2.40. The standard InChI is InChI=1S/C37H62O5/c1-3-5-7-9-11-13-15-17-18-20-21-23-25-27-29-31-36(39)41-34-35(33-38)42-37(40)32-30-28-26-24-22-19-16-14-12-10-8-6-4-2/h5,7,11,13-14,16-18,21,23,35,38H,3-4,6,8-10,12,15,19-20,22,24-34H2,1-2H3. The summed E-state index contributed by atoms with van der Waals surface area (Å²) in [7, 11) is 0.